The third-order valence-electron chi connectivity index (χ3n) is 11.1. The fourth-order valence-corrected chi connectivity index (χ4v) is 8.30. The lowest BCUT2D eigenvalue weighted by Crippen LogP contribution is -2.01. The zero-order chi connectivity index (χ0) is 39.3. The highest BCUT2D eigenvalue weighted by Crippen LogP contribution is 2.40. The van der Waals surface area contributed by atoms with Crippen molar-refractivity contribution < 1.29 is 4.42 Å². The van der Waals surface area contributed by atoms with Crippen LogP contribution in [-0.4, -0.2) is 15.0 Å². The van der Waals surface area contributed by atoms with E-state index >= 15 is 0 Å². The van der Waals surface area contributed by atoms with Gasteiger partial charge in [0.15, 0.2) is 17.5 Å². The molecule has 11 rings (SSSR count). The summed E-state index contributed by atoms with van der Waals surface area (Å²) in [5.74, 6) is 1.66. The molecule has 0 spiro atoms. The fourth-order valence-electron chi connectivity index (χ4n) is 8.30. The van der Waals surface area contributed by atoms with E-state index in [0.717, 1.165) is 82.6 Å². The SMILES string of the molecule is N#Cc1cccc(-c2cccc(-c3nc(-c4ccc5c(c4)oc4cccc(-c6cccc(-c7ccccc7)c6)c45)nc(-c4cc5ccccc5c5ccccc45)n3)c2)c1. The minimum Gasteiger partial charge on any atom is -0.456 e. The second kappa shape index (κ2) is 14.1. The number of benzene rings is 9. The van der Waals surface area contributed by atoms with E-state index in [4.69, 9.17) is 19.4 Å². The first kappa shape index (κ1) is 34.1. The van der Waals surface area contributed by atoms with Gasteiger partial charge in [-0.1, -0.05) is 146 Å². The Bertz CT molecular complexity index is 3470. The summed E-state index contributed by atoms with van der Waals surface area (Å²) in [6, 6.07) is 68.7. The normalized spacial score (nSPS) is 11.4. The molecule has 0 aliphatic carbocycles. The van der Waals surface area contributed by atoms with Crippen molar-refractivity contribution >= 4 is 43.5 Å². The number of hydrogen-bond donors (Lipinski definition) is 0. The van der Waals surface area contributed by atoms with E-state index in [0.29, 0.717) is 23.0 Å². The van der Waals surface area contributed by atoms with Gasteiger partial charge in [0.05, 0.1) is 11.6 Å². The molecule has 0 N–H and O–H groups in total. The zero-order valence-corrected chi connectivity index (χ0v) is 31.7. The summed E-state index contributed by atoms with van der Waals surface area (Å²) in [5.41, 5.74) is 11.2. The van der Waals surface area contributed by atoms with Crippen LogP contribution in [0, 0.1) is 11.3 Å². The van der Waals surface area contributed by atoms with Gasteiger partial charge in [0, 0.05) is 27.5 Å². The minimum absolute atomic E-state index is 0.539. The number of fused-ring (bicyclic) bond motifs is 6. The maximum absolute atomic E-state index is 9.60. The largest absolute Gasteiger partial charge is 0.456 e. The highest BCUT2D eigenvalue weighted by Gasteiger charge is 2.19. The summed E-state index contributed by atoms with van der Waals surface area (Å²) in [4.78, 5) is 15.6. The number of hydrogen-bond acceptors (Lipinski definition) is 5. The fraction of sp³-hybridized carbons (Fsp3) is 0. The van der Waals surface area contributed by atoms with Crippen molar-refractivity contribution in [3.63, 3.8) is 0 Å². The molecular formula is C54H32N4O. The van der Waals surface area contributed by atoms with Gasteiger partial charge < -0.3 is 4.42 Å². The molecule has 2 aromatic heterocycles. The molecule has 2 heterocycles. The van der Waals surface area contributed by atoms with E-state index in [1.54, 1.807) is 0 Å². The maximum Gasteiger partial charge on any atom is 0.164 e. The summed E-state index contributed by atoms with van der Waals surface area (Å²) < 4.78 is 6.62. The second-order valence-electron chi connectivity index (χ2n) is 14.7. The Morgan fingerprint density at radius 3 is 1.76 bits per heavy atom. The van der Waals surface area contributed by atoms with Gasteiger partial charge in [-0.05, 0) is 103 Å². The van der Waals surface area contributed by atoms with Crippen LogP contribution in [0.2, 0.25) is 0 Å². The molecule has 0 bridgehead atoms. The minimum atomic E-state index is 0.539. The van der Waals surface area contributed by atoms with Crippen LogP contribution in [0.1, 0.15) is 5.56 Å². The van der Waals surface area contributed by atoms with Crippen molar-refractivity contribution in [1.29, 1.82) is 5.26 Å². The molecule has 59 heavy (non-hydrogen) atoms. The standard InChI is InChI=1S/C54H32N4O/c55-33-34-12-8-16-36(28-34)38-18-10-20-41(30-38)52-56-53(58-54(57-52)48-31-40-15-4-5-21-43(40)45-22-6-7-23-46(45)48)42-26-27-47-50(32-42)59-49-25-11-24-44(51(47)49)39-19-9-17-37(29-39)35-13-2-1-3-14-35/h1-32H. The smallest absolute Gasteiger partial charge is 0.164 e. The summed E-state index contributed by atoms with van der Waals surface area (Å²) in [6.45, 7) is 0. The van der Waals surface area contributed by atoms with Crippen LogP contribution in [0.3, 0.4) is 0 Å². The topological polar surface area (TPSA) is 75.6 Å². The molecule has 11 aromatic rings. The van der Waals surface area contributed by atoms with Crippen LogP contribution >= 0.6 is 0 Å². The molecule has 0 unspecified atom stereocenters. The van der Waals surface area contributed by atoms with Crippen molar-refractivity contribution in [1.82, 2.24) is 15.0 Å². The molecule has 9 aromatic carbocycles. The second-order valence-corrected chi connectivity index (χ2v) is 14.7. The third kappa shape index (κ3) is 6.08. The molecule has 0 saturated carbocycles. The lowest BCUT2D eigenvalue weighted by atomic mass is 9.95. The van der Waals surface area contributed by atoms with Gasteiger partial charge in [-0.2, -0.15) is 5.26 Å². The van der Waals surface area contributed by atoms with E-state index in [2.05, 4.69) is 140 Å². The van der Waals surface area contributed by atoms with E-state index in [1.807, 2.05) is 60.7 Å². The van der Waals surface area contributed by atoms with Gasteiger partial charge >= 0.3 is 0 Å². The average molecular weight is 753 g/mol. The van der Waals surface area contributed by atoms with Crippen LogP contribution in [0.25, 0.3) is 111 Å². The monoisotopic (exact) mass is 752 g/mol. The Morgan fingerprint density at radius 2 is 0.949 bits per heavy atom. The number of aromatic nitrogens is 3. The van der Waals surface area contributed by atoms with Crippen LogP contribution in [0.15, 0.2) is 199 Å². The van der Waals surface area contributed by atoms with Crippen molar-refractivity contribution in [3.8, 4) is 73.6 Å². The van der Waals surface area contributed by atoms with Gasteiger partial charge in [-0.25, -0.2) is 15.0 Å². The highest BCUT2D eigenvalue weighted by molar-refractivity contribution is 6.14. The molecule has 0 fully saturated rings. The average Bonchev–Trinajstić information content (AvgIpc) is 3.70. The van der Waals surface area contributed by atoms with Crippen LogP contribution in [0.4, 0.5) is 0 Å². The predicted molar refractivity (Wildman–Crippen MR) is 239 cm³/mol. The quantitative estimate of drug-likeness (QED) is 0.158. The molecule has 5 heteroatoms. The Kier molecular flexibility index (Phi) is 8.13. The molecule has 5 nitrogen and oxygen atoms in total. The molecule has 274 valence electrons. The third-order valence-corrected chi connectivity index (χ3v) is 11.1. The van der Waals surface area contributed by atoms with Crippen molar-refractivity contribution in [2.75, 3.05) is 0 Å². The van der Waals surface area contributed by atoms with Crippen LogP contribution in [0.5, 0.6) is 0 Å². The summed E-state index contributed by atoms with van der Waals surface area (Å²) in [6.07, 6.45) is 0. The number of furan rings is 1. The highest BCUT2D eigenvalue weighted by atomic mass is 16.3. The first-order valence-electron chi connectivity index (χ1n) is 19.6. The molecular weight excluding hydrogens is 721 g/mol. The van der Waals surface area contributed by atoms with Crippen LogP contribution in [-0.2, 0) is 0 Å². The Morgan fingerprint density at radius 1 is 0.356 bits per heavy atom. The first-order chi connectivity index (χ1) is 29.2. The van der Waals surface area contributed by atoms with E-state index in [-0.39, 0.29) is 0 Å². The maximum atomic E-state index is 9.60. The van der Waals surface area contributed by atoms with Gasteiger partial charge in [-0.3, -0.25) is 0 Å². The summed E-state index contributed by atoms with van der Waals surface area (Å²) in [7, 11) is 0. The molecule has 0 saturated heterocycles. The van der Waals surface area contributed by atoms with Crippen molar-refractivity contribution in [2.24, 2.45) is 0 Å². The van der Waals surface area contributed by atoms with E-state index in [1.165, 1.54) is 10.9 Å². The number of rotatable bonds is 6. The van der Waals surface area contributed by atoms with Crippen LogP contribution < -0.4 is 0 Å². The molecule has 0 radical (unpaired) electrons. The van der Waals surface area contributed by atoms with Crippen molar-refractivity contribution in [3.05, 3.63) is 200 Å². The lowest BCUT2D eigenvalue weighted by Gasteiger charge is -2.13. The zero-order valence-electron chi connectivity index (χ0n) is 31.7. The molecule has 0 atom stereocenters. The number of nitrogens with zero attached hydrogens (tertiary/aromatic N) is 4. The van der Waals surface area contributed by atoms with E-state index < -0.39 is 0 Å². The lowest BCUT2D eigenvalue weighted by molar-refractivity contribution is 0.669. The first-order valence-corrected chi connectivity index (χ1v) is 19.6. The van der Waals surface area contributed by atoms with Crippen molar-refractivity contribution in [2.45, 2.75) is 0 Å². The number of nitriles is 1. The van der Waals surface area contributed by atoms with Gasteiger partial charge in [0.1, 0.15) is 11.2 Å². The summed E-state index contributed by atoms with van der Waals surface area (Å²) >= 11 is 0. The predicted octanol–water partition coefficient (Wildman–Crippen LogP) is 14.0. The summed E-state index contributed by atoms with van der Waals surface area (Å²) in [5, 5.41) is 16.2. The molecule has 0 aliphatic rings. The Balaban J connectivity index is 1.09. The molecule has 0 amide bonds. The Hall–Kier alpha value is -8.20. The van der Waals surface area contributed by atoms with Gasteiger partial charge in [0.2, 0.25) is 0 Å². The van der Waals surface area contributed by atoms with Gasteiger partial charge in [-0.15, -0.1) is 0 Å². The van der Waals surface area contributed by atoms with E-state index in [9.17, 15) is 5.26 Å². The Labute approximate surface area is 340 Å². The molecule has 0 aliphatic heterocycles. The van der Waals surface area contributed by atoms with Gasteiger partial charge in [0.25, 0.3) is 0 Å².